The second kappa shape index (κ2) is 11.8. The van der Waals surface area contributed by atoms with Crippen LogP contribution in [0.2, 0.25) is 0 Å². The lowest BCUT2D eigenvalue weighted by Gasteiger charge is -2.22. The number of rotatable bonds is 4. The van der Waals surface area contributed by atoms with Crippen LogP contribution in [-0.4, -0.2) is 19.1 Å². The van der Waals surface area contributed by atoms with Crippen molar-refractivity contribution >= 4 is 54.5 Å². The SMILES string of the molecule is CC1(C)c2ccccc2-c2ccc3c(c21)c1cc(-c2ccc4c(c2)c2ccccc2n4-c2ccccc2)ccc1n3-c1nc(-c2ccccc2)c2ccccc2n1. The van der Waals surface area contributed by atoms with Gasteiger partial charge in [0, 0.05) is 43.6 Å². The molecule has 8 aromatic carbocycles. The molecule has 57 heavy (non-hydrogen) atoms. The smallest absolute Gasteiger partial charge is 0.235 e. The number of fused-ring (bicyclic) bond motifs is 11. The maximum atomic E-state index is 5.40. The van der Waals surface area contributed by atoms with Crippen molar-refractivity contribution in [1.82, 2.24) is 19.1 Å². The number of para-hydroxylation sites is 3. The fourth-order valence-electron chi connectivity index (χ4n) is 9.77. The molecule has 11 aromatic rings. The van der Waals surface area contributed by atoms with Gasteiger partial charge in [-0.2, -0.15) is 0 Å². The lowest BCUT2D eigenvalue weighted by atomic mass is 9.80. The van der Waals surface area contributed by atoms with Crippen molar-refractivity contribution in [2.45, 2.75) is 19.3 Å². The number of nitrogens with zero attached hydrogens (tertiary/aromatic N) is 4. The number of hydrogen-bond donors (Lipinski definition) is 0. The van der Waals surface area contributed by atoms with E-state index in [0.29, 0.717) is 5.95 Å². The van der Waals surface area contributed by atoms with E-state index in [9.17, 15) is 0 Å². The second-order valence-corrected chi connectivity index (χ2v) is 15.8. The number of aromatic nitrogens is 4. The van der Waals surface area contributed by atoms with Gasteiger partial charge in [0.1, 0.15) is 0 Å². The molecule has 0 aliphatic heterocycles. The largest absolute Gasteiger partial charge is 0.309 e. The van der Waals surface area contributed by atoms with Crippen LogP contribution in [0.3, 0.4) is 0 Å². The summed E-state index contributed by atoms with van der Waals surface area (Å²) in [7, 11) is 0. The lowest BCUT2D eigenvalue weighted by Crippen LogP contribution is -2.15. The number of hydrogen-bond acceptors (Lipinski definition) is 2. The summed E-state index contributed by atoms with van der Waals surface area (Å²) in [6, 6.07) is 65.7. The van der Waals surface area contributed by atoms with Crippen molar-refractivity contribution < 1.29 is 0 Å². The van der Waals surface area contributed by atoms with Gasteiger partial charge in [-0.05, 0) is 88.0 Å². The fraction of sp³-hybridized carbons (Fsp3) is 0.0566. The third-order valence-electron chi connectivity index (χ3n) is 12.3. The van der Waals surface area contributed by atoms with Crippen LogP contribution in [-0.2, 0) is 5.41 Å². The lowest BCUT2D eigenvalue weighted by molar-refractivity contribution is 0.666. The van der Waals surface area contributed by atoms with Crippen LogP contribution in [0.1, 0.15) is 25.0 Å². The molecule has 0 fully saturated rings. The van der Waals surface area contributed by atoms with Crippen LogP contribution in [0.15, 0.2) is 182 Å². The Kier molecular flexibility index (Phi) is 6.65. The Morgan fingerprint density at radius 2 is 1.04 bits per heavy atom. The zero-order valence-electron chi connectivity index (χ0n) is 31.6. The van der Waals surface area contributed by atoms with E-state index < -0.39 is 0 Å². The highest BCUT2D eigenvalue weighted by Crippen LogP contribution is 2.53. The first-order chi connectivity index (χ1) is 28.0. The average molecular weight is 729 g/mol. The van der Waals surface area contributed by atoms with Crippen LogP contribution in [0.4, 0.5) is 0 Å². The molecule has 0 saturated heterocycles. The summed E-state index contributed by atoms with van der Waals surface area (Å²) in [5.74, 6) is 0.670. The highest BCUT2D eigenvalue weighted by atomic mass is 15.2. The first-order valence-corrected chi connectivity index (χ1v) is 19.7. The molecule has 0 amide bonds. The first-order valence-electron chi connectivity index (χ1n) is 19.7. The van der Waals surface area contributed by atoms with Crippen molar-refractivity contribution in [1.29, 1.82) is 0 Å². The molecule has 4 heteroatoms. The maximum Gasteiger partial charge on any atom is 0.235 e. The average Bonchev–Trinajstić information content (AvgIpc) is 3.86. The minimum absolute atomic E-state index is 0.210. The van der Waals surface area contributed by atoms with Gasteiger partial charge in [-0.15, -0.1) is 0 Å². The summed E-state index contributed by atoms with van der Waals surface area (Å²) in [6.45, 7) is 4.75. The zero-order valence-corrected chi connectivity index (χ0v) is 31.6. The molecular formula is C53H36N4. The van der Waals surface area contributed by atoms with Crippen molar-refractivity contribution in [3.05, 3.63) is 193 Å². The summed E-state index contributed by atoms with van der Waals surface area (Å²) in [6.07, 6.45) is 0. The van der Waals surface area contributed by atoms with Crippen LogP contribution in [0.5, 0.6) is 0 Å². The van der Waals surface area contributed by atoms with E-state index in [1.807, 2.05) is 0 Å². The van der Waals surface area contributed by atoms with Gasteiger partial charge >= 0.3 is 0 Å². The van der Waals surface area contributed by atoms with Gasteiger partial charge in [0.15, 0.2) is 0 Å². The molecule has 0 unspecified atom stereocenters. The molecule has 12 rings (SSSR count). The molecule has 3 aromatic heterocycles. The van der Waals surface area contributed by atoms with Crippen molar-refractivity contribution in [2.24, 2.45) is 0 Å². The summed E-state index contributed by atoms with van der Waals surface area (Å²) >= 11 is 0. The molecule has 3 heterocycles. The van der Waals surface area contributed by atoms with Gasteiger partial charge in [-0.1, -0.05) is 141 Å². The van der Waals surface area contributed by atoms with Gasteiger partial charge in [0.25, 0.3) is 0 Å². The molecule has 0 spiro atoms. The van der Waals surface area contributed by atoms with Crippen molar-refractivity contribution in [3.8, 4) is 45.1 Å². The van der Waals surface area contributed by atoms with Crippen molar-refractivity contribution in [3.63, 3.8) is 0 Å². The fourth-order valence-corrected chi connectivity index (χ4v) is 9.77. The molecule has 0 saturated carbocycles. The van der Waals surface area contributed by atoms with Gasteiger partial charge in [-0.3, -0.25) is 4.57 Å². The molecule has 0 bridgehead atoms. The summed E-state index contributed by atoms with van der Waals surface area (Å²) in [4.78, 5) is 10.7. The van der Waals surface area contributed by atoms with Crippen LogP contribution < -0.4 is 0 Å². The molecule has 0 radical (unpaired) electrons. The first kappa shape index (κ1) is 32.0. The Labute approximate surface area is 329 Å². The standard InChI is InChI=1S/C53H36N4/c1-53(2)43-22-12-9-19-37(43)39-27-30-48-49(50(39)53)42-32-35(34-25-28-46-41(31-34)38-20-11-14-24-45(38)56(46)36-17-7-4-8-18-36)26-29-47(42)57(48)52-54-44-23-13-10-21-40(44)51(55-52)33-15-5-3-6-16-33/h3-32H,1-2H3. The molecule has 1 aliphatic carbocycles. The maximum absolute atomic E-state index is 5.40. The van der Waals surface area contributed by atoms with E-state index in [1.54, 1.807) is 0 Å². The quantitative estimate of drug-likeness (QED) is 0.181. The van der Waals surface area contributed by atoms with Gasteiger partial charge in [0.05, 0.1) is 33.3 Å². The second-order valence-electron chi connectivity index (χ2n) is 15.8. The van der Waals surface area contributed by atoms with Crippen LogP contribution in [0, 0.1) is 0 Å². The third kappa shape index (κ3) is 4.55. The molecule has 4 nitrogen and oxygen atoms in total. The predicted molar refractivity (Wildman–Crippen MR) is 237 cm³/mol. The zero-order chi connectivity index (χ0) is 37.8. The molecular weight excluding hydrogens is 693 g/mol. The van der Waals surface area contributed by atoms with E-state index in [4.69, 9.17) is 9.97 Å². The van der Waals surface area contributed by atoms with Crippen molar-refractivity contribution in [2.75, 3.05) is 0 Å². The molecule has 268 valence electrons. The summed E-state index contributed by atoms with van der Waals surface area (Å²) in [5.41, 5.74) is 16.2. The Balaban J connectivity index is 1.15. The molecule has 0 N–H and O–H groups in total. The highest BCUT2D eigenvalue weighted by Gasteiger charge is 2.38. The Morgan fingerprint density at radius 1 is 0.421 bits per heavy atom. The van der Waals surface area contributed by atoms with Gasteiger partial charge < -0.3 is 4.57 Å². The van der Waals surface area contributed by atoms with E-state index in [-0.39, 0.29) is 5.41 Å². The Hall–Kier alpha value is -7.30. The van der Waals surface area contributed by atoms with E-state index in [1.165, 1.54) is 66.0 Å². The minimum Gasteiger partial charge on any atom is -0.309 e. The predicted octanol–water partition coefficient (Wildman–Crippen LogP) is 13.5. The van der Waals surface area contributed by atoms with Gasteiger partial charge in [-0.25, -0.2) is 9.97 Å². The summed E-state index contributed by atoms with van der Waals surface area (Å²) < 4.78 is 4.67. The molecule has 0 atom stereocenters. The third-order valence-corrected chi connectivity index (χ3v) is 12.3. The minimum atomic E-state index is -0.210. The Morgan fingerprint density at radius 3 is 1.84 bits per heavy atom. The summed E-state index contributed by atoms with van der Waals surface area (Å²) in [5, 5.41) is 5.98. The van der Waals surface area contributed by atoms with Crippen LogP contribution >= 0.6 is 0 Å². The highest BCUT2D eigenvalue weighted by molar-refractivity contribution is 6.16. The van der Waals surface area contributed by atoms with E-state index >= 15 is 0 Å². The van der Waals surface area contributed by atoms with Gasteiger partial charge in [0.2, 0.25) is 5.95 Å². The van der Waals surface area contributed by atoms with E-state index in [0.717, 1.165) is 38.9 Å². The van der Waals surface area contributed by atoms with E-state index in [2.05, 4.69) is 205 Å². The molecule has 1 aliphatic rings. The monoisotopic (exact) mass is 728 g/mol. The number of benzene rings is 8. The Bertz CT molecular complexity index is 3420. The topological polar surface area (TPSA) is 35.6 Å². The van der Waals surface area contributed by atoms with Crippen LogP contribution in [0.25, 0.3) is 99.7 Å². The normalized spacial score (nSPS) is 13.2.